The fraction of sp³-hybridized carbons (Fsp3) is 0.158. The van der Waals surface area contributed by atoms with Crippen molar-refractivity contribution in [1.82, 2.24) is 15.1 Å². The van der Waals surface area contributed by atoms with Crippen LogP contribution >= 0.6 is 0 Å². The van der Waals surface area contributed by atoms with Crippen molar-refractivity contribution in [3.05, 3.63) is 65.7 Å². The molecule has 4 rings (SSSR count). The number of benzene rings is 2. The van der Waals surface area contributed by atoms with Crippen molar-refractivity contribution in [1.29, 1.82) is 0 Å². The molecular formula is C19H16FN3O4. The van der Waals surface area contributed by atoms with Crippen LogP contribution in [0.25, 0.3) is 5.69 Å². The molecule has 1 aliphatic rings. The lowest BCUT2D eigenvalue weighted by Crippen LogP contribution is -2.26. The van der Waals surface area contributed by atoms with Gasteiger partial charge in [0.25, 0.3) is 0 Å². The van der Waals surface area contributed by atoms with Crippen molar-refractivity contribution < 1.29 is 23.4 Å². The van der Waals surface area contributed by atoms with Crippen LogP contribution < -0.4 is 19.5 Å². The molecule has 8 heteroatoms. The van der Waals surface area contributed by atoms with E-state index >= 15 is 0 Å². The normalized spacial score (nSPS) is 12.1. The third kappa shape index (κ3) is 3.55. The molecule has 27 heavy (non-hydrogen) atoms. The van der Waals surface area contributed by atoms with Crippen LogP contribution in [0.4, 0.5) is 9.18 Å². The summed E-state index contributed by atoms with van der Waals surface area (Å²) in [5.41, 5.74) is 2.15. The predicted molar refractivity (Wildman–Crippen MR) is 93.7 cm³/mol. The molecule has 138 valence electrons. The van der Waals surface area contributed by atoms with Crippen LogP contribution in [-0.2, 0) is 6.54 Å². The minimum Gasteiger partial charge on any atom is -0.454 e. The molecule has 0 spiro atoms. The summed E-state index contributed by atoms with van der Waals surface area (Å²) in [7, 11) is 0. The first-order chi connectivity index (χ1) is 13.1. The van der Waals surface area contributed by atoms with Gasteiger partial charge in [0.2, 0.25) is 6.79 Å². The standard InChI is InChI=1S/C19H16FN3O4/c1-12-18(10-22-23(12)15-5-3-14(20)4-6-15)27-19(24)21-9-13-2-7-16-17(8-13)26-11-25-16/h2-8,10H,9,11H2,1H3,(H,21,24). The Kier molecular flexibility index (Phi) is 4.37. The summed E-state index contributed by atoms with van der Waals surface area (Å²) in [4.78, 5) is 12.1. The molecule has 0 saturated carbocycles. The molecule has 0 unspecified atom stereocenters. The largest absolute Gasteiger partial charge is 0.454 e. The van der Waals surface area contributed by atoms with Crippen LogP contribution in [0, 0.1) is 12.7 Å². The number of halogens is 1. The smallest absolute Gasteiger partial charge is 0.412 e. The molecule has 1 amide bonds. The first-order valence-corrected chi connectivity index (χ1v) is 8.25. The fourth-order valence-corrected chi connectivity index (χ4v) is 2.70. The van der Waals surface area contributed by atoms with Gasteiger partial charge in [0, 0.05) is 6.54 Å². The molecule has 0 bridgehead atoms. The highest BCUT2D eigenvalue weighted by molar-refractivity contribution is 5.70. The first kappa shape index (κ1) is 16.9. The first-order valence-electron chi connectivity index (χ1n) is 8.25. The molecule has 0 aliphatic carbocycles. The average molecular weight is 369 g/mol. The Bertz CT molecular complexity index is 985. The van der Waals surface area contributed by atoms with Crippen molar-refractivity contribution in [3.8, 4) is 22.9 Å². The maximum Gasteiger partial charge on any atom is 0.412 e. The number of rotatable bonds is 4. The third-order valence-corrected chi connectivity index (χ3v) is 4.11. The van der Waals surface area contributed by atoms with Gasteiger partial charge in [-0.3, -0.25) is 0 Å². The van der Waals surface area contributed by atoms with Gasteiger partial charge in [-0.05, 0) is 48.9 Å². The van der Waals surface area contributed by atoms with Crippen LogP contribution in [-0.4, -0.2) is 22.7 Å². The number of hydrogen-bond acceptors (Lipinski definition) is 5. The lowest BCUT2D eigenvalue weighted by atomic mass is 10.2. The van der Waals surface area contributed by atoms with Crippen molar-refractivity contribution >= 4 is 6.09 Å². The van der Waals surface area contributed by atoms with Gasteiger partial charge in [0.05, 0.1) is 17.6 Å². The molecule has 1 N–H and O–H groups in total. The zero-order valence-corrected chi connectivity index (χ0v) is 14.4. The highest BCUT2D eigenvalue weighted by Gasteiger charge is 2.15. The quantitative estimate of drug-likeness (QED) is 0.764. The summed E-state index contributed by atoms with van der Waals surface area (Å²) in [6.07, 6.45) is 0.841. The Morgan fingerprint density at radius 2 is 2.00 bits per heavy atom. The van der Waals surface area contributed by atoms with Gasteiger partial charge in [-0.15, -0.1) is 0 Å². The maximum atomic E-state index is 13.1. The van der Waals surface area contributed by atoms with E-state index in [1.165, 1.54) is 18.3 Å². The zero-order valence-electron chi connectivity index (χ0n) is 14.4. The summed E-state index contributed by atoms with van der Waals surface area (Å²) >= 11 is 0. The van der Waals surface area contributed by atoms with Crippen LogP contribution in [0.1, 0.15) is 11.3 Å². The highest BCUT2D eigenvalue weighted by atomic mass is 19.1. The molecule has 1 aliphatic heterocycles. The van der Waals surface area contributed by atoms with E-state index in [0.717, 1.165) is 5.56 Å². The Balaban J connectivity index is 1.39. The number of amides is 1. The van der Waals surface area contributed by atoms with E-state index in [4.69, 9.17) is 14.2 Å². The monoisotopic (exact) mass is 369 g/mol. The number of nitrogens with one attached hydrogen (secondary N) is 1. The maximum absolute atomic E-state index is 13.1. The number of aromatic nitrogens is 2. The van der Waals surface area contributed by atoms with Crippen molar-refractivity contribution in [2.45, 2.75) is 13.5 Å². The van der Waals surface area contributed by atoms with Crippen molar-refractivity contribution in [3.63, 3.8) is 0 Å². The minimum absolute atomic E-state index is 0.200. The molecule has 0 radical (unpaired) electrons. The summed E-state index contributed by atoms with van der Waals surface area (Å²) in [5, 5.41) is 6.86. The molecule has 0 fully saturated rings. The molecule has 2 heterocycles. The van der Waals surface area contributed by atoms with Gasteiger partial charge in [-0.1, -0.05) is 6.07 Å². The van der Waals surface area contributed by atoms with E-state index in [2.05, 4.69) is 10.4 Å². The molecule has 1 aromatic heterocycles. The van der Waals surface area contributed by atoms with E-state index in [1.807, 2.05) is 6.07 Å². The molecule has 7 nitrogen and oxygen atoms in total. The number of nitrogens with zero attached hydrogens (tertiary/aromatic N) is 2. The number of fused-ring (bicyclic) bond motifs is 1. The van der Waals surface area contributed by atoms with Crippen molar-refractivity contribution in [2.75, 3.05) is 6.79 Å². The van der Waals surface area contributed by atoms with E-state index in [1.54, 1.807) is 35.9 Å². The third-order valence-electron chi connectivity index (χ3n) is 4.11. The molecule has 2 aromatic carbocycles. The Hall–Kier alpha value is -3.55. The zero-order chi connectivity index (χ0) is 18.8. The second-order valence-electron chi connectivity index (χ2n) is 5.91. The van der Waals surface area contributed by atoms with Crippen LogP contribution in [0.5, 0.6) is 17.2 Å². The summed E-state index contributed by atoms with van der Waals surface area (Å²) in [6.45, 7) is 2.24. The fourth-order valence-electron chi connectivity index (χ4n) is 2.70. The van der Waals surface area contributed by atoms with E-state index < -0.39 is 6.09 Å². The lowest BCUT2D eigenvalue weighted by molar-refractivity contribution is 0.174. The summed E-state index contributed by atoms with van der Waals surface area (Å²) in [5.74, 6) is 1.33. The van der Waals surface area contributed by atoms with Crippen molar-refractivity contribution in [2.24, 2.45) is 0 Å². The lowest BCUT2D eigenvalue weighted by Gasteiger charge is -2.08. The molecule has 0 atom stereocenters. The summed E-state index contributed by atoms with van der Waals surface area (Å²) in [6, 6.07) is 11.3. The number of hydrogen-bond donors (Lipinski definition) is 1. The Labute approximate surface area is 154 Å². The van der Waals surface area contributed by atoms with Gasteiger partial charge in [-0.25, -0.2) is 13.9 Å². The number of carbonyl (C=O) groups is 1. The second-order valence-corrected chi connectivity index (χ2v) is 5.91. The van der Waals surface area contributed by atoms with Crippen LogP contribution in [0.15, 0.2) is 48.7 Å². The molecule has 3 aromatic rings. The van der Waals surface area contributed by atoms with Gasteiger partial charge in [-0.2, -0.15) is 5.10 Å². The Morgan fingerprint density at radius 3 is 2.81 bits per heavy atom. The second kappa shape index (κ2) is 6.99. The average Bonchev–Trinajstić information content (AvgIpc) is 3.27. The van der Waals surface area contributed by atoms with E-state index in [-0.39, 0.29) is 19.2 Å². The summed E-state index contributed by atoms with van der Waals surface area (Å²) < 4.78 is 30.5. The minimum atomic E-state index is -0.602. The topological polar surface area (TPSA) is 74.6 Å². The van der Waals surface area contributed by atoms with Gasteiger partial charge in [0.1, 0.15) is 5.82 Å². The van der Waals surface area contributed by atoms with E-state index in [9.17, 15) is 9.18 Å². The van der Waals surface area contributed by atoms with Crippen LogP contribution in [0.2, 0.25) is 0 Å². The highest BCUT2D eigenvalue weighted by Crippen LogP contribution is 2.32. The van der Waals surface area contributed by atoms with Crippen LogP contribution in [0.3, 0.4) is 0 Å². The predicted octanol–water partition coefficient (Wildman–Crippen LogP) is 3.34. The van der Waals surface area contributed by atoms with Gasteiger partial charge < -0.3 is 19.5 Å². The van der Waals surface area contributed by atoms with E-state index in [0.29, 0.717) is 28.6 Å². The number of ether oxygens (including phenoxy) is 3. The Morgan fingerprint density at radius 1 is 1.22 bits per heavy atom. The number of carbonyl (C=O) groups excluding carboxylic acids is 1. The SMILES string of the molecule is Cc1c(OC(=O)NCc2ccc3c(c2)OCO3)cnn1-c1ccc(F)cc1. The molecular weight excluding hydrogens is 353 g/mol. The van der Waals surface area contributed by atoms with Gasteiger partial charge >= 0.3 is 6.09 Å². The van der Waals surface area contributed by atoms with Gasteiger partial charge in [0.15, 0.2) is 17.2 Å². The molecule has 0 saturated heterocycles.